The number of rotatable bonds is 7. The average Bonchev–Trinajstić information content (AvgIpc) is 2.65. The Bertz CT molecular complexity index is 338. The van der Waals surface area contributed by atoms with Crippen LogP contribution in [-0.2, 0) is 9.31 Å². The molecule has 6 aliphatic rings. The standard InChI is InChI=1S/C18H33B2O3/c21-13-16(1-7-19-9-3-17(4-10-19)14-22-19)2-8-20-11-5-18(6-12-20)15-23-20/h16-18H,1-15H2/q-3. The maximum Gasteiger partial charge on any atom is 0.114 e. The van der Waals surface area contributed by atoms with E-state index < -0.39 is 12.7 Å². The number of hydrogen-bond acceptors (Lipinski definition) is 3. The van der Waals surface area contributed by atoms with Crippen molar-refractivity contribution in [2.75, 3.05) is 19.8 Å². The molecule has 0 amide bonds. The lowest BCUT2D eigenvalue weighted by Crippen LogP contribution is -2.49. The van der Waals surface area contributed by atoms with Crippen LogP contribution in [0.5, 0.6) is 0 Å². The van der Waals surface area contributed by atoms with Gasteiger partial charge < -0.3 is 14.4 Å². The Kier molecular flexibility index (Phi) is 4.82. The molecule has 23 heavy (non-hydrogen) atoms. The summed E-state index contributed by atoms with van der Waals surface area (Å²) in [4.78, 5) is 0. The highest BCUT2D eigenvalue weighted by Gasteiger charge is 2.38. The third-order valence-electron chi connectivity index (χ3n) is 8.21. The average molecular weight is 319 g/mol. The van der Waals surface area contributed by atoms with E-state index in [0.717, 1.165) is 37.9 Å². The third-order valence-corrected chi connectivity index (χ3v) is 8.21. The Hall–Kier alpha value is 0.00987. The van der Waals surface area contributed by atoms with Crippen LogP contribution in [0.15, 0.2) is 0 Å². The Labute approximate surface area is 141 Å². The molecule has 3 nitrogen and oxygen atoms in total. The predicted molar refractivity (Wildman–Crippen MR) is 95.3 cm³/mol. The summed E-state index contributed by atoms with van der Waals surface area (Å²) >= 11 is 0. The molecule has 0 spiro atoms. The van der Waals surface area contributed by atoms with Gasteiger partial charge in [-0.3, -0.25) is 0 Å². The molecule has 132 valence electrons. The molecule has 6 aliphatic heterocycles. The molecule has 6 rings (SSSR count). The van der Waals surface area contributed by atoms with Crippen LogP contribution in [0, 0.1) is 17.8 Å². The van der Waals surface area contributed by atoms with Gasteiger partial charge in [0.25, 0.3) is 0 Å². The summed E-state index contributed by atoms with van der Waals surface area (Å²) in [5, 5.41) is 11.7. The molecule has 0 saturated carbocycles. The topological polar surface area (TPSA) is 41.5 Å². The second-order valence-corrected chi connectivity index (χ2v) is 9.63. The lowest BCUT2D eigenvalue weighted by atomic mass is 9.27. The first-order chi connectivity index (χ1) is 11.2. The summed E-state index contributed by atoms with van der Waals surface area (Å²) in [6.45, 7) is 2.11. The van der Waals surface area contributed by atoms with Gasteiger partial charge in [-0.25, -0.2) is 0 Å². The summed E-state index contributed by atoms with van der Waals surface area (Å²) in [6.07, 6.45) is 14.2. The smallest absolute Gasteiger partial charge is 0.114 e. The molecule has 0 unspecified atom stereocenters. The largest absolute Gasteiger partial charge is 0.854 e. The monoisotopic (exact) mass is 319 g/mol. The molecule has 0 N–H and O–H groups in total. The molecule has 0 aromatic rings. The molecule has 6 heterocycles. The zero-order chi connectivity index (χ0) is 15.8. The lowest BCUT2D eigenvalue weighted by Gasteiger charge is -2.54. The Morgan fingerprint density at radius 2 is 1.22 bits per heavy atom. The minimum atomic E-state index is -0.561. The number of hydrogen-bond donors (Lipinski definition) is 0. The molecule has 4 bridgehead atoms. The summed E-state index contributed by atoms with van der Waals surface area (Å²) in [5.41, 5.74) is 0. The van der Waals surface area contributed by atoms with Crippen LogP contribution in [-0.4, -0.2) is 32.5 Å². The molecule has 6 fully saturated rings. The molecule has 0 aromatic carbocycles. The van der Waals surface area contributed by atoms with Crippen LogP contribution < -0.4 is 5.11 Å². The van der Waals surface area contributed by atoms with E-state index in [1.54, 1.807) is 0 Å². The van der Waals surface area contributed by atoms with Crippen molar-refractivity contribution in [3.05, 3.63) is 0 Å². The minimum absolute atomic E-state index is 0.101. The number of fused-ring (bicyclic) bond motifs is 6. The van der Waals surface area contributed by atoms with Gasteiger partial charge in [0.15, 0.2) is 0 Å². The van der Waals surface area contributed by atoms with Gasteiger partial charge in [0.1, 0.15) is 12.7 Å². The highest BCUT2D eigenvalue weighted by atomic mass is 16.4. The molecule has 0 aliphatic carbocycles. The van der Waals surface area contributed by atoms with Gasteiger partial charge in [-0.15, -0.1) is 6.61 Å². The van der Waals surface area contributed by atoms with Gasteiger partial charge in [0.2, 0.25) is 0 Å². The van der Waals surface area contributed by atoms with E-state index in [-0.39, 0.29) is 6.61 Å². The van der Waals surface area contributed by atoms with Crippen LogP contribution in [0.2, 0.25) is 37.9 Å². The first-order valence-electron chi connectivity index (χ1n) is 10.5. The van der Waals surface area contributed by atoms with E-state index in [2.05, 4.69) is 0 Å². The SMILES string of the molecule is [O-]CC(CC[B-]12CCC(CC1)CO2)CC[B-]12CCC(CC1)CO2. The quantitative estimate of drug-likeness (QED) is 0.674. The second kappa shape index (κ2) is 6.72. The van der Waals surface area contributed by atoms with Gasteiger partial charge >= 0.3 is 0 Å². The van der Waals surface area contributed by atoms with Crippen molar-refractivity contribution < 1.29 is 14.4 Å². The molecular formula is C18H33B2O3-3. The van der Waals surface area contributed by atoms with E-state index in [4.69, 9.17) is 9.31 Å². The van der Waals surface area contributed by atoms with E-state index in [1.165, 1.54) is 63.6 Å². The highest BCUT2D eigenvalue weighted by Crippen LogP contribution is 2.44. The van der Waals surface area contributed by atoms with E-state index >= 15 is 0 Å². The Balaban J connectivity index is 1.26. The van der Waals surface area contributed by atoms with Gasteiger partial charge in [0, 0.05) is 13.2 Å². The highest BCUT2D eigenvalue weighted by molar-refractivity contribution is 6.74. The van der Waals surface area contributed by atoms with Crippen molar-refractivity contribution in [2.24, 2.45) is 17.8 Å². The van der Waals surface area contributed by atoms with Gasteiger partial charge in [-0.05, 0) is 11.8 Å². The van der Waals surface area contributed by atoms with Gasteiger partial charge in [-0.1, -0.05) is 44.4 Å². The van der Waals surface area contributed by atoms with Crippen molar-refractivity contribution in [3.8, 4) is 0 Å². The lowest BCUT2D eigenvalue weighted by molar-refractivity contribution is -0.379. The first kappa shape index (κ1) is 16.5. The van der Waals surface area contributed by atoms with Crippen molar-refractivity contribution in [1.29, 1.82) is 0 Å². The predicted octanol–water partition coefficient (Wildman–Crippen LogP) is 3.51. The Morgan fingerprint density at radius 3 is 1.52 bits per heavy atom. The fourth-order valence-electron chi connectivity index (χ4n) is 6.22. The van der Waals surface area contributed by atoms with Crippen molar-refractivity contribution >= 4 is 12.7 Å². The van der Waals surface area contributed by atoms with Crippen LogP contribution >= 0.6 is 0 Å². The van der Waals surface area contributed by atoms with E-state index in [9.17, 15) is 5.11 Å². The fraction of sp³-hybridized carbons (Fsp3) is 1.00. The summed E-state index contributed by atoms with van der Waals surface area (Å²) in [7, 11) is 0. The van der Waals surface area contributed by atoms with E-state index in [1.807, 2.05) is 0 Å². The fourth-order valence-corrected chi connectivity index (χ4v) is 6.22. The second-order valence-electron chi connectivity index (χ2n) is 9.63. The summed E-state index contributed by atoms with van der Waals surface area (Å²) in [5.74, 6) is 2.04. The zero-order valence-electron chi connectivity index (χ0n) is 14.7. The normalized spacial score (nSPS) is 43.7. The maximum atomic E-state index is 11.7. The summed E-state index contributed by atoms with van der Waals surface area (Å²) in [6, 6.07) is 0. The molecular weight excluding hydrogens is 286 g/mol. The first-order valence-corrected chi connectivity index (χ1v) is 10.5. The maximum absolute atomic E-state index is 11.7. The third kappa shape index (κ3) is 3.52. The molecule has 5 heteroatoms. The molecule has 0 aromatic heterocycles. The van der Waals surface area contributed by atoms with E-state index in [0.29, 0.717) is 5.92 Å². The van der Waals surface area contributed by atoms with Crippen molar-refractivity contribution in [3.63, 3.8) is 0 Å². The summed E-state index contributed by atoms with van der Waals surface area (Å²) < 4.78 is 12.5. The molecule has 0 radical (unpaired) electrons. The van der Waals surface area contributed by atoms with Crippen LogP contribution in [0.3, 0.4) is 0 Å². The molecule has 6 saturated heterocycles. The Morgan fingerprint density at radius 1 is 0.783 bits per heavy atom. The van der Waals surface area contributed by atoms with Gasteiger partial charge in [0.05, 0.1) is 0 Å². The van der Waals surface area contributed by atoms with Gasteiger partial charge in [-0.2, -0.15) is 37.9 Å². The minimum Gasteiger partial charge on any atom is -0.854 e. The van der Waals surface area contributed by atoms with Crippen LogP contribution in [0.4, 0.5) is 0 Å². The molecule has 0 atom stereocenters. The van der Waals surface area contributed by atoms with Crippen LogP contribution in [0.25, 0.3) is 0 Å². The van der Waals surface area contributed by atoms with Crippen molar-refractivity contribution in [1.82, 2.24) is 0 Å². The van der Waals surface area contributed by atoms with Crippen LogP contribution in [0.1, 0.15) is 38.5 Å². The van der Waals surface area contributed by atoms with Crippen molar-refractivity contribution in [2.45, 2.75) is 76.4 Å². The zero-order valence-corrected chi connectivity index (χ0v) is 14.7.